The summed E-state index contributed by atoms with van der Waals surface area (Å²) in [4.78, 5) is 32.1. The highest BCUT2D eigenvalue weighted by Gasteiger charge is 2.26. The zero-order valence-corrected chi connectivity index (χ0v) is 21.0. The van der Waals surface area contributed by atoms with Crippen molar-refractivity contribution in [3.8, 4) is 0 Å². The number of hydrogen-bond donors (Lipinski definition) is 0. The number of benzene rings is 1. The van der Waals surface area contributed by atoms with E-state index in [0.29, 0.717) is 25.4 Å². The van der Waals surface area contributed by atoms with E-state index in [0.717, 1.165) is 83.2 Å². The number of hydrogen-bond acceptors (Lipinski definition) is 3. The molecule has 1 aromatic rings. The first kappa shape index (κ1) is 27.3. The molecule has 186 valence electrons. The van der Waals surface area contributed by atoms with Crippen molar-refractivity contribution in [2.24, 2.45) is 5.92 Å². The lowest BCUT2D eigenvalue weighted by Crippen LogP contribution is -2.51. The molecule has 2 amide bonds. The lowest BCUT2D eigenvalue weighted by Gasteiger charge is -2.37. The number of nitrogens with zero attached hydrogens (tertiary/aromatic N) is 3. The van der Waals surface area contributed by atoms with E-state index in [4.69, 9.17) is 0 Å². The minimum atomic E-state index is -0.257. The number of carbonyl (C=O) groups is 2. The molecule has 6 heteroatoms. The summed E-state index contributed by atoms with van der Waals surface area (Å²) in [7, 11) is 0. The smallest absolute Gasteiger partial charge is 0.225 e. The second-order valence-corrected chi connectivity index (χ2v) is 9.31. The van der Waals surface area contributed by atoms with E-state index >= 15 is 0 Å². The first-order valence-corrected chi connectivity index (χ1v) is 13.0. The summed E-state index contributed by atoms with van der Waals surface area (Å²) in [6, 6.07) is 6.42. The maximum atomic E-state index is 13.3. The quantitative estimate of drug-likeness (QED) is 0.362. The van der Waals surface area contributed by atoms with Crippen molar-refractivity contribution >= 4 is 11.8 Å². The Hall–Kier alpha value is -1.95. The molecule has 0 bridgehead atoms. The normalized spacial score (nSPS) is 15.5. The van der Waals surface area contributed by atoms with Crippen LogP contribution in [0, 0.1) is 11.7 Å². The summed E-state index contributed by atoms with van der Waals surface area (Å²) >= 11 is 0. The molecule has 1 heterocycles. The van der Waals surface area contributed by atoms with E-state index in [1.807, 2.05) is 9.80 Å². The van der Waals surface area contributed by atoms with Crippen molar-refractivity contribution in [3.63, 3.8) is 0 Å². The maximum absolute atomic E-state index is 13.3. The first-order valence-electron chi connectivity index (χ1n) is 13.0. The number of halogens is 1. The van der Waals surface area contributed by atoms with Crippen LogP contribution in [0.1, 0.15) is 77.7 Å². The summed E-state index contributed by atoms with van der Waals surface area (Å²) in [6.45, 7) is 11.6. The van der Waals surface area contributed by atoms with Crippen LogP contribution in [0.4, 0.5) is 4.39 Å². The van der Waals surface area contributed by atoms with Crippen molar-refractivity contribution in [3.05, 3.63) is 35.6 Å². The Morgan fingerprint density at radius 2 is 1.64 bits per heavy atom. The number of amides is 2. The average Bonchev–Trinajstić information content (AvgIpc) is 2.83. The summed E-state index contributed by atoms with van der Waals surface area (Å²) in [5, 5.41) is 0. The van der Waals surface area contributed by atoms with Gasteiger partial charge in [-0.1, -0.05) is 58.6 Å². The van der Waals surface area contributed by atoms with Crippen molar-refractivity contribution in [1.82, 2.24) is 14.7 Å². The lowest BCUT2D eigenvalue weighted by atomic mass is 9.97. The van der Waals surface area contributed by atoms with Gasteiger partial charge in [-0.3, -0.25) is 14.5 Å². The molecule has 2 rings (SSSR count). The van der Waals surface area contributed by atoms with Gasteiger partial charge in [0, 0.05) is 58.2 Å². The molecular weight excluding hydrogens is 417 g/mol. The molecular formula is C27H44FN3O2. The first-order chi connectivity index (χ1) is 16.0. The van der Waals surface area contributed by atoms with Crippen molar-refractivity contribution < 1.29 is 14.0 Å². The molecule has 33 heavy (non-hydrogen) atoms. The van der Waals surface area contributed by atoms with E-state index in [2.05, 4.69) is 25.7 Å². The second-order valence-electron chi connectivity index (χ2n) is 9.31. The summed E-state index contributed by atoms with van der Waals surface area (Å²) in [5.74, 6) is 0.383. The highest BCUT2D eigenvalue weighted by Crippen LogP contribution is 2.17. The molecule has 1 aliphatic heterocycles. The van der Waals surface area contributed by atoms with Crippen LogP contribution in [-0.2, 0) is 16.1 Å². The van der Waals surface area contributed by atoms with E-state index in [1.165, 1.54) is 12.1 Å². The van der Waals surface area contributed by atoms with Crippen LogP contribution < -0.4 is 0 Å². The zero-order valence-electron chi connectivity index (χ0n) is 21.0. The van der Waals surface area contributed by atoms with Gasteiger partial charge < -0.3 is 9.80 Å². The van der Waals surface area contributed by atoms with Crippen LogP contribution in [0.2, 0.25) is 0 Å². The van der Waals surface area contributed by atoms with Gasteiger partial charge in [-0.25, -0.2) is 4.39 Å². The summed E-state index contributed by atoms with van der Waals surface area (Å²) in [5.41, 5.74) is 0.952. The van der Waals surface area contributed by atoms with Crippen LogP contribution in [0.15, 0.2) is 24.3 Å². The number of piperazine rings is 1. The Morgan fingerprint density at radius 3 is 2.24 bits per heavy atom. The van der Waals surface area contributed by atoms with Gasteiger partial charge in [0.1, 0.15) is 5.82 Å². The number of unbranched alkanes of at least 4 members (excludes halogenated alkanes) is 3. The molecule has 1 aromatic carbocycles. The maximum Gasteiger partial charge on any atom is 0.225 e. The van der Waals surface area contributed by atoms with Crippen LogP contribution in [0.5, 0.6) is 0 Å². The van der Waals surface area contributed by atoms with E-state index in [-0.39, 0.29) is 17.6 Å². The van der Waals surface area contributed by atoms with Crippen molar-refractivity contribution in [2.75, 3.05) is 39.3 Å². The molecule has 5 nitrogen and oxygen atoms in total. The second kappa shape index (κ2) is 15.0. The predicted octanol–water partition coefficient (Wildman–Crippen LogP) is 5.10. The van der Waals surface area contributed by atoms with Crippen molar-refractivity contribution in [2.45, 2.75) is 78.7 Å². The standard InChI is InChI=1S/C27H44FN3O2/c1-4-7-9-11-26(32)31(22-23-12-14-25(28)15-13-23)21-18-29-16-19-30(20-17-29)27(33)24(6-3)10-8-5-2/h12-15,24H,4-11,16-22H2,1-3H3. The monoisotopic (exact) mass is 461 g/mol. The third-order valence-electron chi connectivity index (χ3n) is 6.75. The molecule has 1 fully saturated rings. The Kier molecular flexibility index (Phi) is 12.4. The highest BCUT2D eigenvalue weighted by molar-refractivity contribution is 5.79. The SMILES string of the molecule is CCCCCC(=O)N(CCN1CCN(C(=O)C(CC)CCCC)CC1)Cc1ccc(F)cc1. The Bertz CT molecular complexity index is 702. The minimum absolute atomic E-state index is 0.156. The number of carbonyl (C=O) groups excluding carboxylic acids is 2. The Balaban J connectivity index is 1.87. The van der Waals surface area contributed by atoms with Crippen LogP contribution in [0.3, 0.4) is 0 Å². The molecule has 0 radical (unpaired) electrons. The van der Waals surface area contributed by atoms with Gasteiger partial charge in [0.25, 0.3) is 0 Å². The van der Waals surface area contributed by atoms with Gasteiger partial charge in [0.15, 0.2) is 0 Å². The molecule has 0 saturated carbocycles. The largest absolute Gasteiger partial charge is 0.340 e. The molecule has 1 saturated heterocycles. The minimum Gasteiger partial charge on any atom is -0.340 e. The molecule has 1 atom stereocenters. The highest BCUT2D eigenvalue weighted by atomic mass is 19.1. The fraction of sp³-hybridized carbons (Fsp3) is 0.704. The molecule has 1 unspecified atom stereocenters. The lowest BCUT2D eigenvalue weighted by molar-refractivity contribution is -0.137. The van der Waals surface area contributed by atoms with Gasteiger partial charge in [0.2, 0.25) is 11.8 Å². The van der Waals surface area contributed by atoms with E-state index < -0.39 is 0 Å². The third-order valence-corrected chi connectivity index (χ3v) is 6.75. The Labute approximate surface area is 200 Å². The van der Waals surface area contributed by atoms with E-state index in [9.17, 15) is 14.0 Å². The van der Waals surface area contributed by atoms with Gasteiger partial charge in [0.05, 0.1) is 0 Å². The molecule has 0 spiro atoms. The summed E-state index contributed by atoms with van der Waals surface area (Å²) in [6.07, 6.45) is 7.76. The summed E-state index contributed by atoms with van der Waals surface area (Å²) < 4.78 is 13.3. The van der Waals surface area contributed by atoms with Crippen molar-refractivity contribution in [1.29, 1.82) is 0 Å². The topological polar surface area (TPSA) is 43.9 Å². The fourth-order valence-electron chi connectivity index (χ4n) is 4.45. The molecule has 0 aromatic heterocycles. The van der Waals surface area contributed by atoms with E-state index in [1.54, 1.807) is 12.1 Å². The third kappa shape index (κ3) is 9.44. The predicted molar refractivity (Wildman–Crippen MR) is 132 cm³/mol. The fourth-order valence-corrected chi connectivity index (χ4v) is 4.45. The molecule has 0 N–H and O–H groups in total. The van der Waals surface area contributed by atoms with Gasteiger partial charge in [-0.05, 0) is 37.0 Å². The average molecular weight is 462 g/mol. The van der Waals surface area contributed by atoms with Crippen LogP contribution >= 0.6 is 0 Å². The molecule has 1 aliphatic rings. The van der Waals surface area contributed by atoms with Gasteiger partial charge >= 0.3 is 0 Å². The van der Waals surface area contributed by atoms with Crippen LogP contribution in [-0.4, -0.2) is 65.8 Å². The van der Waals surface area contributed by atoms with Gasteiger partial charge in [-0.2, -0.15) is 0 Å². The Morgan fingerprint density at radius 1 is 0.970 bits per heavy atom. The van der Waals surface area contributed by atoms with Crippen LogP contribution in [0.25, 0.3) is 0 Å². The zero-order chi connectivity index (χ0) is 24.1. The van der Waals surface area contributed by atoms with Gasteiger partial charge in [-0.15, -0.1) is 0 Å². The number of rotatable bonds is 14. The molecule has 0 aliphatic carbocycles.